The minimum atomic E-state index is -0.937. The molecule has 0 unspecified atom stereocenters. The first-order chi connectivity index (χ1) is 8.54. The van der Waals surface area contributed by atoms with Crippen LogP contribution in [0, 0.1) is 13.8 Å². The van der Waals surface area contributed by atoms with Crippen LogP contribution in [0.2, 0.25) is 0 Å². The molecule has 0 aliphatic carbocycles. The maximum Gasteiger partial charge on any atom is 0.328 e. The number of carboxylic acid groups (broad SMARTS) is 1. The fraction of sp³-hybridized carbons (Fsp3) is 0.250. The van der Waals surface area contributed by atoms with E-state index in [0.29, 0.717) is 6.54 Å². The van der Waals surface area contributed by atoms with Gasteiger partial charge in [-0.2, -0.15) is 5.10 Å². The van der Waals surface area contributed by atoms with E-state index in [4.69, 9.17) is 5.11 Å². The molecule has 0 aliphatic rings. The van der Waals surface area contributed by atoms with E-state index < -0.39 is 5.97 Å². The molecule has 2 rings (SSSR count). The van der Waals surface area contributed by atoms with Gasteiger partial charge >= 0.3 is 5.97 Å². The van der Waals surface area contributed by atoms with E-state index in [1.807, 2.05) is 30.7 Å². The van der Waals surface area contributed by atoms with Crippen LogP contribution in [0.15, 0.2) is 18.2 Å². The Morgan fingerprint density at radius 1 is 1.50 bits per heavy atom. The Hall–Kier alpha value is -1.95. The summed E-state index contributed by atoms with van der Waals surface area (Å²) in [7, 11) is 0. The van der Waals surface area contributed by atoms with Gasteiger partial charge in [-0.1, -0.05) is 0 Å². The molecule has 1 N–H and O–H groups in total. The molecule has 0 atom stereocenters. The third-order valence-electron chi connectivity index (χ3n) is 2.34. The summed E-state index contributed by atoms with van der Waals surface area (Å²) in [6.07, 6.45) is 2.73. The monoisotopic (exact) mass is 263 g/mol. The molecule has 0 fully saturated rings. The summed E-state index contributed by atoms with van der Waals surface area (Å²) in [4.78, 5) is 16.7. The number of carbonyl (C=O) groups is 1. The number of thiophene rings is 1. The van der Waals surface area contributed by atoms with Crippen LogP contribution in [-0.2, 0) is 11.3 Å². The van der Waals surface area contributed by atoms with Crippen molar-refractivity contribution in [2.45, 2.75) is 20.4 Å². The molecule has 2 heterocycles. The fourth-order valence-corrected chi connectivity index (χ4v) is 2.48. The SMILES string of the molecule is Cc1nc(C)n(Cc2ccc(C=CC(=O)O)s2)n1. The van der Waals surface area contributed by atoms with Crippen LogP contribution in [0.3, 0.4) is 0 Å². The zero-order chi connectivity index (χ0) is 13.1. The number of aryl methyl sites for hydroxylation is 2. The molecule has 18 heavy (non-hydrogen) atoms. The second-order valence-electron chi connectivity index (χ2n) is 3.84. The summed E-state index contributed by atoms with van der Waals surface area (Å²) in [5.41, 5.74) is 0. The smallest absolute Gasteiger partial charge is 0.328 e. The average molecular weight is 263 g/mol. The number of hydrogen-bond acceptors (Lipinski definition) is 4. The van der Waals surface area contributed by atoms with Gasteiger partial charge in [0.25, 0.3) is 0 Å². The standard InChI is InChI=1S/C12H13N3O2S/c1-8-13-9(2)15(14-8)7-11-4-3-10(18-11)5-6-12(16)17/h3-6H,7H2,1-2H3,(H,16,17). The van der Waals surface area contributed by atoms with Crippen molar-refractivity contribution in [3.63, 3.8) is 0 Å². The fourth-order valence-electron chi connectivity index (χ4n) is 1.58. The first-order valence-corrected chi connectivity index (χ1v) is 6.24. The van der Waals surface area contributed by atoms with Crippen LogP contribution in [0.5, 0.6) is 0 Å². The summed E-state index contributed by atoms with van der Waals surface area (Å²) in [6.45, 7) is 4.44. The highest BCUT2D eigenvalue weighted by Crippen LogP contribution is 2.19. The maximum atomic E-state index is 10.4. The second-order valence-corrected chi connectivity index (χ2v) is 5.04. The number of aromatic nitrogens is 3. The van der Waals surface area contributed by atoms with Crippen LogP contribution >= 0.6 is 11.3 Å². The minimum absolute atomic E-state index is 0.665. The molecule has 0 radical (unpaired) electrons. The molecule has 0 spiro atoms. The number of rotatable bonds is 4. The Morgan fingerprint density at radius 3 is 2.89 bits per heavy atom. The Kier molecular flexibility index (Phi) is 3.57. The largest absolute Gasteiger partial charge is 0.478 e. The molecular weight excluding hydrogens is 250 g/mol. The van der Waals surface area contributed by atoms with Crippen LogP contribution in [0.25, 0.3) is 6.08 Å². The van der Waals surface area contributed by atoms with E-state index in [1.165, 1.54) is 0 Å². The molecule has 0 aliphatic heterocycles. The molecule has 94 valence electrons. The van der Waals surface area contributed by atoms with Crippen molar-refractivity contribution in [3.05, 3.63) is 39.6 Å². The minimum Gasteiger partial charge on any atom is -0.478 e. The molecule has 0 amide bonds. The van der Waals surface area contributed by atoms with Crippen molar-refractivity contribution in [2.24, 2.45) is 0 Å². The summed E-state index contributed by atoms with van der Waals surface area (Å²) in [6, 6.07) is 3.88. The van der Waals surface area contributed by atoms with Gasteiger partial charge < -0.3 is 5.11 Å². The lowest BCUT2D eigenvalue weighted by Crippen LogP contribution is -2.02. The molecule has 2 aromatic rings. The van der Waals surface area contributed by atoms with E-state index in [1.54, 1.807) is 17.4 Å². The van der Waals surface area contributed by atoms with Gasteiger partial charge in [0.15, 0.2) is 0 Å². The van der Waals surface area contributed by atoms with Gasteiger partial charge in [0.05, 0.1) is 6.54 Å². The topological polar surface area (TPSA) is 68.0 Å². The van der Waals surface area contributed by atoms with Crippen molar-refractivity contribution >= 4 is 23.4 Å². The average Bonchev–Trinajstić information content (AvgIpc) is 2.84. The highest BCUT2D eigenvalue weighted by atomic mass is 32.1. The van der Waals surface area contributed by atoms with Crippen molar-refractivity contribution < 1.29 is 9.90 Å². The summed E-state index contributed by atoms with van der Waals surface area (Å²) < 4.78 is 1.84. The van der Waals surface area contributed by atoms with Crippen molar-refractivity contribution in [1.82, 2.24) is 14.8 Å². The predicted molar refractivity (Wildman–Crippen MR) is 69.6 cm³/mol. The van der Waals surface area contributed by atoms with Crippen LogP contribution in [-0.4, -0.2) is 25.8 Å². The van der Waals surface area contributed by atoms with Gasteiger partial charge in [0, 0.05) is 15.8 Å². The zero-order valence-electron chi connectivity index (χ0n) is 10.1. The third-order valence-corrected chi connectivity index (χ3v) is 3.38. The van der Waals surface area contributed by atoms with Gasteiger partial charge in [0.1, 0.15) is 11.6 Å². The first-order valence-electron chi connectivity index (χ1n) is 5.42. The highest BCUT2D eigenvalue weighted by Gasteiger charge is 2.05. The van der Waals surface area contributed by atoms with Gasteiger partial charge in [-0.25, -0.2) is 14.5 Å². The highest BCUT2D eigenvalue weighted by molar-refractivity contribution is 7.12. The Morgan fingerprint density at radius 2 is 2.28 bits per heavy atom. The normalized spacial score (nSPS) is 11.2. The Bertz CT molecular complexity index is 598. The predicted octanol–water partition coefficient (Wildman–Crippen LogP) is 2.10. The summed E-state index contributed by atoms with van der Waals surface area (Å²) >= 11 is 1.55. The van der Waals surface area contributed by atoms with Crippen molar-refractivity contribution in [3.8, 4) is 0 Å². The Labute approximate surface area is 108 Å². The molecule has 2 aromatic heterocycles. The lowest BCUT2D eigenvalue weighted by molar-refractivity contribution is -0.131. The number of nitrogens with zero attached hydrogens (tertiary/aromatic N) is 3. The third kappa shape index (κ3) is 3.04. The number of carboxylic acids is 1. The molecule has 0 saturated carbocycles. The van der Waals surface area contributed by atoms with E-state index in [2.05, 4.69) is 10.1 Å². The van der Waals surface area contributed by atoms with Crippen molar-refractivity contribution in [1.29, 1.82) is 0 Å². The van der Waals surface area contributed by atoms with Crippen LogP contribution < -0.4 is 0 Å². The lowest BCUT2D eigenvalue weighted by atomic mass is 10.4. The van der Waals surface area contributed by atoms with Gasteiger partial charge in [-0.15, -0.1) is 11.3 Å². The molecule has 0 bridgehead atoms. The van der Waals surface area contributed by atoms with E-state index in [-0.39, 0.29) is 0 Å². The second kappa shape index (κ2) is 5.14. The van der Waals surface area contributed by atoms with Gasteiger partial charge in [0.2, 0.25) is 0 Å². The van der Waals surface area contributed by atoms with E-state index >= 15 is 0 Å². The number of aliphatic carboxylic acids is 1. The van der Waals surface area contributed by atoms with E-state index in [9.17, 15) is 4.79 Å². The van der Waals surface area contributed by atoms with Gasteiger partial charge in [-0.3, -0.25) is 0 Å². The van der Waals surface area contributed by atoms with Crippen LogP contribution in [0.1, 0.15) is 21.4 Å². The molecule has 0 saturated heterocycles. The molecular formula is C12H13N3O2S. The van der Waals surface area contributed by atoms with Crippen LogP contribution in [0.4, 0.5) is 0 Å². The Balaban J connectivity index is 2.11. The maximum absolute atomic E-state index is 10.4. The quantitative estimate of drug-likeness (QED) is 0.858. The van der Waals surface area contributed by atoms with Crippen molar-refractivity contribution in [2.75, 3.05) is 0 Å². The lowest BCUT2D eigenvalue weighted by Gasteiger charge is -1.99. The molecule has 6 heteroatoms. The molecule has 0 aromatic carbocycles. The zero-order valence-corrected chi connectivity index (χ0v) is 10.9. The molecule has 5 nitrogen and oxygen atoms in total. The first kappa shape index (κ1) is 12.5. The van der Waals surface area contributed by atoms with E-state index in [0.717, 1.165) is 27.5 Å². The summed E-state index contributed by atoms with van der Waals surface area (Å²) in [5.74, 6) is 0.700. The summed E-state index contributed by atoms with van der Waals surface area (Å²) in [5, 5.41) is 12.8. The number of hydrogen-bond donors (Lipinski definition) is 1. The van der Waals surface area contributed by atoms with Gasteiger partial charge in [-0.05, 0) is 32.1 Å².